The number of nitrogens with two attached hydrogens (primary N) is 2. The number of benzene rings is 4. The highest BCUT2D eigenvalue weighted by Gasteiger charge is 2.18. The van der Waals surface area contributed by atoms with Gasteiger partial charge in [0.2, 0.25) is 0 Å². The Morgan fingerprint density at radius 3 is 2.51 bits per heavy atom. The second-order valence-corrected chi connectivity index (χ2v) is 11.4. The predicted molar refractivity (Wildman–Crippen MR) is 187 cm³/mol. The molecule has 0 bridgehead atoms. The van der Waals surface area contributed by atoms with E-state index in [0.29, 0.717) is 46.0 Å². The highest BCUT2D eigenvalue weighted by molar-refractivity contribution is 6.00. The van der Waals surface area contributed by atoms with E-state index in [-0.39, 0.29) is 5.82 Å². The highest BCUT2D eigenvalue weighted by Crippen LogP contribution is 2.38. The van der Waals surface area contributed by atoms with Gasteiger partial charge in [-0.15, -0.1) is 0 Å². The van der Waals surface area contributed by atoms with Gasteiger partial charge in [0.15, 0.2) is 0 Å². The molecule has 47 heavy (non-hydrogen) atoms. The van der Waals surface area contributed by atoms with Gasteiger partial charge < -0.3 is 16.4 Å². The zero-order chi connectivity index (χ0) is 32.9. The fourth-order valence-corrected chi connectivity index (χ4v) is 5.71. The molecule has 0 unspecified atom stereocenters. The lowest BCUT2D eigenvalue weighted by molar-refractivity contribution is 0.627. The van der Waals surface area contributed by atoms with E-state index in [0.717, 1.165) is 46.4 Å². The highest BCUT2D eigenvalue weighted by atomic mass is 19.1. The summed E-state index contributed by atoms with van der Waals surface area (Å²) in [6.45, 7) is 4.49. The minimum absolute atomic E-state index is 0.340. The molecule has 0 aromatic heterocycles. The lowest BCUT2D eigenvalue weighted by Crippen LogP contribution is -2.17. The molecule has 0 fully saturated rings. The summed E-state index contributed by atoms with van der Waals surface area (Å²) in [5.41, 5.74) is 23.0. The molecule has 2 aliphatic rings. The number of nitrogens with zero attached hydrogens (tertiary/aromatic N) is 4. The van der Waals surface area contributed by atoms with Gasteiger partial charge in [-0.25, -0.2) is 4.39 Å². The van der Waals surface area contributed by atoms with Crippen molar-refractivity contribution in [3.63, 3.8) is 0 Å². The largest absolute Gasteiger partial charge is 0.399 e. The van der Waals surface area contributed by atoms with Crippen molar-refractivity contribution >= 4 is 28.4 Å². The van der Waals surface area contributed by atoms with E-state index in [2.05, 4.69) is 30.9 Å². The molecule has 0 spiro atoms. The number of allylic oxidation sites excluding steroid dienone is 7. The van der Waals surface area contributed by atoms with E-state index < -0.39 is 0 Å². The van der Waals surface area contributed by atoms with Gasteiger partial charge in [0.1, 0.15) is 11.7 Å². The summed E-state index contributed by atoms with van der Waals surface area (Å²) in [7, 11) is 0. The molecule has 0 saturated heterocycles. The van der Waals surface area contributed by atoms with Crippen molar-refractivity contribution in [3.05, 3.63) is 167 Å². The molecule has 1 aliphatic heterocycles. The van der Waals surface area contributed by atoms with E-state index >= 15 is 0 Å². The Morgan fingerprint density at radius 2 is 1.72 bits per heavy atom. The van der Waals surface area contributed by atoms with Crippen LogP contribution >= 0.6 is 0 Å². The van der Waals surface area contributed by atoms with Crippen LogP contribution in [-0.2, 0) is 6.54 Å². The number of amidine groups is 1. The first kappa shape index (κ1) is 30.6. The lowest BCUT2D eigenvalue weighted by Gasteiger charge is -2.27. The Hall–Kier alpha value is -6.44. The first-order chi connectivity index (χ1) is 22.8. The maximum Gasteiger partial charge on any atom is 0.126 e. The first-order valence-electron chi connectivity index (χ1n) is 15.1. The molecule has 228 valence electrons. The predicted octanol–water partition coefficient (Wildman–Crippen LogP) is 8.42. The standard InChI is InChI=1S/C40H31FN6/c1-26-16-36(44)14-15-47(39-13-12-35(41)22-38(26)39)37-20-33(32-7-2-4-28(17-32)24-43)19-34(21-37)40(45)46-25-29-5-3-6-31(18-29)30-10-8-27(23-42)9-11-30/h2-8,10,12-22H,1,9,11,25,44H2,(H2,45,46)/b15-14-,36-16+. The Labute approximate surface area is 273 Å². The van der Waals surface area contributed by atoms with Crippen LogP contribution in [0.2, 0.25) is 0 Å². The third-order valence-corrected chi connectivity index (χ3v) is 8.16. The van der Waals surface area contributed by atoms with Crippen molar-refractivity contribution in [2.24, 2.45) is 16.5 Å². The summed E-state index contributed by atoms with van der Waals surface area (Å²) in [6, 6.07) is 30.4. The summed E-state index contributed by atoms with van der Waals surface area (Å²) in [4.78, 5) is 6.70. The van der Waals surface area contributed by atoms with Gasteiger partial charge in [0.05, 0.1) is 29.9 Å². The molecule has 0 amide bonds. The number of hydrogen-bond donors (Lipinski definition) is 2. The molecule has 4 aromatic carbocycles. The number of aliphatic imine (C=N–C) groups is 1. The number of hydrogen-bond acceptors (Lipinski definition) is 5. The zero-order valence-electron chi connectivity index (χ0n) is 25.6. The van der Waals surface area contributed by atoms with Crippen molar-refractivity contribution in [1.82, 2.24) is 0 Å². The van der Waals surface area contributed by atoms with Gasteiger partial charge in [-0.2, -0.15) is 10.5 Å². The molecule has 0 radical (unpaired) electrons. The van der Waals surface area contributed by atoms with Gasteiger partial charge in [0.25, 0.3) is 0 Å². The van der Waals surface area contributed by atoms with Crippen molar-refractivity contribution in [3.8, 4) is 23.3 Å². The van der Waals surface area contributed by atoms with Crippen LogP contribution in [0.5, 0.6) is 0 Å². The van der Waals surface area contributed by atoms with E-state index in [4.69, 9.17) is 16.5 Å². The molecule has 6 nitrogen and oxygen atoms in total. The average molecular weight is 615 g/mol. The van der Waals surface area contributed by atoms with E-state index in [1.54, 1.807) is 24.3 Å². The second kappa shape index (κ2) is 13.3. The van der Waals surface area contributed by atoms with Crippen LogP contribution in [0.3, 0.4) is 0 Å². The molecule has 1 aliphatic carbocycles. The minimum atomic E-state index is -0.382. The maximum atomic E-state index is 14.4. The number of rotatable bonds is 6. The van der Waals surface area contributed by atoms with Crippen LogP contribution in [0, 0.1) is 28.5 Å². The summed E-state index contributed by atoms with van der Waals surface area (Å²) in [5, 5.41) is 18.8. The molecular formula is C40H31FN6. The number of nitriles is 2. The SMILES string of the molecule is C=C1/C=C(N)\C=C/N(c2cc(C(N)=NCc3cccc(C4=CC=C(C#N)CC4)c3)cc(-c3cccc(C#N)c3)c2)c2ccc(F)cc21. The molecule has 7 heteroatoms. The van der Waals surface area contributed by atoms with E-state index in [1.807, 2.05) is 71.8 Å². The minimum Gasteiger partial charge on any atom is -0.399 e. The van der Waals surface area contributed by atoms with Gasteiger partial charge >= 0.3 is 0 Å². The lowest BCUT2D eigenvalue weighted by atomic mass is 9.93. The molecule has 4 N–H and O–H groups in total. The Bertz CT molecular complexity index is 2150. The molecule has 6 rings (SSSR count). The van der Waals surface area contributed by atoms with Gasteiger partial charge in [-0.05, 0) is 119 Å². The van der Waals surface area contributed by atoms with Gasteiger partial charge in [-0.3, -0.25) is 4.99 Å². The zero-order valence-corrected chi connectivity index (χ0v) is 25.6. The van der Waals surface area contributed by atoms with Crippen LogP contribution in [0.25, 0.3) is 22.3 Å². The maximum absolute atomic E-state index is 14.4. The van der Waals surface area contributed by atoms with Crippen molar-refractivity contribution in [2.45, 2.75) is 19.4 Å². The quantitative estimate of drug-likeness (QED) is 0.167. The number of halogens is 1. The molecule has 0 saturated carbocycles. The summed E-state index contributed by atoms with van der Waals surface area (Å²) >= 11 is 0. The monoisotopic (exact) mass is 614 g/mol. The van der Waals surface area contributed by atoms with Gasteiger partial charge in [-0.1, -0.05) is 43.0 Å². The number of fused-ring (bicyclic) bond motifs is 1. The second-order valence-electron chi connectivity index (χ2n) is 11.4. The Kier molecular flexibility index (Phi) is 8.64. The molecular weight excluding hydrogens is 583 g/mol. The summed E-state index contributed by atoms with van der Waals surface area (Å²) in [6.07, 6.45) is 10.8. The topological polar surface area (TPSA) is 115 Å². The normalized spacial score (nSPS) is 16.3. The third-order valence-electron chi connectivity index (χ3n) is 8.16. The van der Waals surface area contributed by atoms with E-state index in [9.17, 15) is 14.9 Å². The fourth-order valence-electron chi connectivity index (χ4n) is 5.71. The Morgan fingerprint density at radius 1 is 0.894 bits per heavy atom. The fraction of sp³-hybridized carbons (Fsp3) is 0.0750. The third kappa shape index (κ3) is 6.81. The van der Waals surface area contributed by atoms with Gasteiger partial charge in [0, 0.05) is 34.3 Å². The summed E-state index contributed by atoms with van der Waals surface area (Å²) < 4.78 is 14.4. The van der Waals surface area contributed by atoms with Crippen LogP contribution in [-0.4, -0.2) is 5.84 Å². The summed E-state index contributed by atoms with van der Waals surface area (Å²) in [5.74, 6) is -0.0414. The number of anilines is 2. The van der Waals surface area contributed by atoms with Crippen LogP contribution in [0.15, 0.2) is 138 Å². The van der Waals surface area contributed by atoms with E-state index in [1.165, 1.54) is 17.7 Å². The Balaban J connectivity index is 1.42. The van der Waals surface area contributed by atoms with Crippen molar-refractivity contribution < 1.29 is 4.39 Å². The average Bonchev–Trinajstić information content (AvgIpc) is 3.10. The van der Waals surface area contributed by atoms with Crippen LogP contribution < -0.4 is 16.4 Å². The first-order valence-corrected chi connectivity index (χ1v) is 15.1. The molecule has 0 atom stereocenters. The smallest absolute Gasteiger partial charge is 0.126 e. The van der Waals surface area contributed by atoms with Crippen LogP contribution in [0.1, 0.15) is 40.7 Å². The van der Waals surface area contributed by atoms with Crippen molar-refractivity contribution in [2.75, 3.05) is 4.90 Å². The van der Waals surface area contributed by atoms with Crippen LogP contribution in [0.4, 0.5) is 15.8 Å². The molecule has 4 aromatic rings. The van der Waals surface area contributed by atoms with Crippen molar-refractivity contribution in [1.29, 1.82) is 10.5 Å². The molecule has 1 heterocycles.